The number of piperazine rings is 1. The first-order valence-electron chi connectivity index (χ1n) is 6.45. The fourth-order valence-electron chi connectivity index (χ4n) is 2.69. The quantitative estimate of drug-likeness (QED) is 0.901. The first kappa shape index (κ1) is 14.3. The molecule has 1 aromatic rings. The van der Waals surface area contributed by atoms with Crippen LogP contribution in [-0.4, -0.2) is 43.0 Å². The number of halogens is 1. The van der Waals surface area contributed by atoms with Gasteiger partial charge in [-0.25, -0.2) is 0 Å². The van der Waals surface area contributed by atoms with Gasteiger partial charge in [-0.1, -0.05) is 15.9 Å². The summed E-state index contributed by atoms with van der Waals surface area (Å²) in [5.41, 5.74) is 8.03. The number of benzene rings is 1. The number of hydrogen-bond acceptors (Lipinski definition) is 3. The molecule has 2 atom stereocenters. The molecule has 0 saturated carbocycles. The number of likely N-dealkylation sites (N-methyl/N-ethyl adjacent to an activating group) is 1. The van der Waals surface area contributed by atoms with Crippen molar-refractivity contribution in [3.63, 3.8) is 0 Å². The van der Waals surface area contributed by atoms with Gasteiger partial charge in [-0.3, -0.25) is 4.79 Å². The maximum atomic E-state index is 12.2. The molecule has 1 aromatic carbocycles. The third-order valence-electron chi connectivity index (χ3n) is 3.67. The molecule has 0 spiro atoms. The van der Waals surface area contributed by atoms with E-state index in [2.05, 4.69) is 33.8 Å². The number of amides is 1. The lowest BCUT2D eigenvalue weighted by molar-refractivity contribution is -0.133. The first-order valence-corrected chi connectivity index (χ1v) is 7.24. The van der Waals surface area contributed by atoms with Crippen LogP contribution in [0.3, 0.4) is 0 Å². The molecule has 4 nitrogen and oxygen atoms in total. The predicted octanol–water partition coefficient (Wildman–Crippen LogP) is 1.75. The number of anilines is 1. The third-order valence-corrected chi connectivity index (χ3v) is 4.56. The minimum absolute atomic E-state index is 0.0983. The Morgan fingerprint density at radius 1 is 1.47 bits per heavy atom. The molecule has 1 fully saturated rings. The molecule has 1 amide bonds. The van der Waals surface area contributed by atoms with Gasteiger partial charge in [-0.15, -0.1) is 0 Å². The molecular weight excluding hydrogens is 306 g/mol. The summed E-state index contributed by atoms with van der Waals surface area (Å²) in [4.78, 5) is 16.1. The second-order valence-electron chi connectivity index (χ2n) is 5.16. The van der Waals surface area contributed by atoms with Crippen LogP contribution in [0.2, 0.25) is 0 Å². The van der Waals surface area contributed by atoms with Gasteiger partial charge in [0.05, 0.1) is 0 Å². The smallest absolute Gasteiger partial charge is 0.246 e. The number of nitrogens with two attached hydrogens (primary N) is 1. The van der Waals surface area contributed by atoms with Crippen LogP contribution in [0, 0.1) is 6.92 Å². The van der Waals surface area contributed by atoms with Crippen molar-refractivity contribution in [2.75, 3.05) is 25.0 Å². The molecule has 1 aliphatic rings. The van der Waals surface area contributed by atoms with Gasteiger partial charge in [0.2, 0.25) is 5.91 Å². The minimum Gasteiger partial charge on any atom is -0.354 e. The van der Waals surface area contributed by atoms with Crippen LogP contribution in [0.4, 0.5) is 5.69 Å². The van der Waals surface area contributed by atoms with Crippen LogP contribution in [0.15, 0.2) is 22.7 Å². The summed E-state index contributed by atoms with van der Waals surface area (Å²) in [5, 5.41) is 0. The lowest BCUT2D eigenvalue weighted by atomic mass is 10.0. The maximum Gasteiger partial charge on any atom is 0.246 e. The van der Waals surface area contributed by atoms with E-state index in [1.54, 1.807) is 4.90 Å². The summed E-state index contributed by atoms with van der Waals surface area (Å²) in [6.45, 7) is 5.24. The molecule has 0 bridgehead atoms. The second-order valence-corrected chi connectivity index (χ2v) is 6.01. The molecule has 0 aliphatic carbocycles. The standard InChI is InChI=1S/C14H20BrN3O/c1-9-6-11(4-5-12(9)15)18-10(2)8-17(3)14(19)13(18)7-16/h4-6,10,13H,7-8,16H2,1-3H3. The average Bonchev–Trinajstić information content (AvgIpc) is 2.37. The number of hydrogen-bond donors (Lipinski definition) is 1. The number of carbonyl (C=O) groups excluding carboxylic acids is 1. The van der Waals surface area contributed by atoms with Crippen LogP contribution < -0.4 is 10.6 Å². The highest BCUT2D eigenvalue weighted by molar-refractivity contribution is 9.10. The van der Waals surface area contributed by atoms with Gasteiger partial charge in [-0.05, 0) is 37.6 Å². The number of rotatable bonds is 2. The highest BCUT2D eigenvalue weighted by atomic mass is 79.9. The highest BCUT2D eigenvalue weighted by Gasteiger charge is 2.36. The van der Waals surface area contributed by atoms with E-state index in [-0.39, 0.29) is 18.0 Å². The zero-order chi connectivity index (χ0) is 14.2. The Bertz CT molecular complexity index is 492. The van der Waals surface area contributed by atoms with E-state index >= 15 is 0 Å². The Balaban J connectivity index is 2.39. The van der Waals surface area contributed by atoms with Crippen LogP contribution in [0.25, 0.3) is 0 Å². The Hall–Kier alpha value is -1.07. The SMILES string of the molecule is Cc1cc(N2C(C)CN(C)C(=O)C2CN)ccc1Br. The van der Waals surface area contributed by atoms with Crippen molar-refractivity contribution in [1.29, 1.82) is 0 Å². The molecule has 1 heterocycles. The molecule has 2 N–H and O–H groups in total. The van der Waals surface area contributed by atoms with E-state index in [0.29, 0.717) is 6.54 Å². The minimum atomic E-state index is -0.269. The Morgan fingerprint density at radius 2 is 2.16 bits per heavy atom. The molecular formula is C14H20BrN3O. The zero-order valence-corrected chi connectivity index (χ0v) is 13.1. The lowest BCUT2D eigenvalue weighted by Crippen LogP contribution is -2.62. The normalized spacial score (nSPS) is 23.9. The van der Waals surface area contributed by atoms with Crippen molar-refractivity contribution in [2.45, 2.75) is 25.9 Å². The van der Waals surface area contributed by atoms with Gasteiger partial charge in [0.15, 0.2) is 0 Å². The zero-order valence-electron chi connectivity index (χ0n) is 11.6. The molecule has 1 aliphatic heterocycles. The van der Waals surface area contributed by atoms with Crippen molar-refractivity contribution in [3.05, 3.63) is 28.2 Å². The molecule has 104 valence electrons. The van der Waals surface area contributed by atoms with Gasteiger partial charge >= 0.3 is 0 Å². The van der Waals surface area contributed by atoms with Crippen LogP contribution in [-0.2, 0) is 4.79 Å². The summed E-state index contributed by atoms with van der Waals surface area (Å²) in [6, 6.07) is 6.15. The van der Waals surface area contributed by atoms with Crippen molar-refractivity contribution in [2.24, 2.45) is 5.73 Å². The van der Waals surface area contributed by atoms with Crippen LogP contribution in [0.5, 0.6) is 0 Å². The van der Waals surface area contributed by atoms with Crippen LogP contribution in [0.1, 0.15) is 12.5 Å². The Labute approximate surface area is 122 Å². The topological polar surface area (TPSA) is 49.6 Å². The molecule has 0 radical (unpaired) electrons. The van der Waals surface area contributed by atoms with E-state index in [9.17, 15) is 4.79 Å². The summed E-state index contributed by atoms with van der Waals surface area (Å²) in [6.07, 6.45) is 0. The van der Waals surface area contributed by atoms with E-state index in [0.717, 1.165) is 22.3 Å². The number of aryl methyl sites for hydroxylation is 1. The van der Waals surface area contributed by atoms with E-state index in [4.69, 9.17) is 5.73 Å². The fourth-order valence-corrected chi connectivity index (χ4v) is 2.94. The van der Waals surface area contributed by atoms with Gasteiger partial charge < -0.3 is 15.5 Å². The summed E-state index contributed by atoms with van der Waals surface area (Å²) in [5.74, 6) is 0.0983. The Kier molecular flexibility index (Phi) is 4.16. The highest BCUT2D eigenvalue weighted by Crippen LogP contribution is 2.28. The van der Waals surface area contributed by atoms with E-state index in [1.807, 2.05) is 26.1 Å². The van der Waals surface area contributed by atoms with Gasteiger partial charge in [0.1, 0.15) is 6.04 Å². The molecule has 0 aromatic heterocycles. The van der Waals surface area contributed by atoms with Gasteiger partial charge in [0, 0.05) is 36.3 Å². The number of carbonyl (C=O) groups is 1. The molecule has 2 unspecified atom stereocenters. The molecule has 19 heavy (non-hydrogen) atoms. The van der Waals surface area contributed by atoms with Crippen molar-refractivity contribution in [3.8, 4) is 0 Å². The fraction of sp³-hybridized carbons (Fsp3) is 0.500. The monoisotopic (exact) mass is 325 g/mol. The van der Waals surface area contributed by atoms with Crippen LogP contribution >= 0.6 is 15.9 Å². The van der Waals surface area contributed by atoms with E-state index in [1.165, 1.54) is 0 Å². The van der Waals surface area contributed by atoms with Crippen molar-refractivity contribution < 1.29 is 4.79 Å². The third kappa shape index (κ3) is 2.62. The van der Waals surface area contributed by atoms with Gasteiger partial charge in [0.25, 0.3) is 0 Å². The average molecular weight is 326 g/mol. The van der Waals surface area contributed by atoms with Crippen molar-refractivity contribution in [1.82, 2.24) is 4.90 Å². The lowest BCUT2D eigenvalue weighted by Gasteiger charge is -2.44. The molecule has 2 rings (SSSR count). The van der Waals surface area contributed by atoms with Crippen molar-refractivity contribution >= 4 is 27.5 Å². The largest absolute Gasteiger partial charge is 0.354 e. The summed E-state index contributed by atoms with van der Waals surface area (Å²) in [7, 11) is 1.84. The maximum absolute atomic E-state index is 12.2. The second kappa shape index (κ2) is 5.51. The summed E-state index contributed by atoms with van der Waals surface area (Å²) < 4.78 is 1.08. The molecule has 1 saturated heterocycles. The Morgan fingerprint density at radius 3 is 2.74 bits per heavy atom. The number of nitrogens with zero attached hydrogens (tertiary/aromatic N) is 2. The predicted molar refractivity (Wildman–Crippen MR) is 81.3 cm³/mol. The molecule has 5 heteroatoms. The van der Waals surface area contributed by atoms with E-state index < -0.39 is 0 Å². The van der Waals surface area contributed by atoms with Gasteiger partial charge in [-0.2, -0.15) is 0 Å². The summed E-state index contributed by atoms with van der Waals surface area (Å²) >= 11 is 3.50. The first-order chi connectivity index (χ1) is 8.95.